The smallest absolute Gasteiger partial charge is 0.306 e. The lowest BCUT2D eigenvalue weighted by Crippen LogP contribution is -2.47. The number of allylic oxidation sites excluding steroid dienone is 13. The van der Waals surface area contributed by atoms with E-state index in [4.69, 9.17) is 13.8 Å². The molecule has 0 aliphatic heterocycles. The number of nitrogens with zero attached hydrogens (tertiary/aromatic N) is 1. The summed E-state index contributed by atoms with van der Waals surface area (Å²) in [5, 5.41) is 3.03. The van der Waals surface area contributed by atoms with E-state index in [9.17, 15) is 19.0 Å². The molecule has 0 heterocycles. The van der Waals surface area contributed by atoms with Crippen LogP contribution in [-0.2, 0) is 27.9 Å². The van der Waals surface area contributed by atoms with Crippen molar-refractivity contribution in [2.75, 3.05) is 40.9 Å². The third kappa shape index (κ3) is 57.9. The van der Waals surface area contributed by atoms with E-state index in [2.05, 4.69) is 99.0 Å². The molecule has 3 unspecified atom stereocenters. The first-order chi connectivity index (χ1) is 37.9. The van der Waals surface area contributed by atoms with E-state index in [1.165, 1.54) is 128 Å². The van der Waals surface area contributed by atoms with Crippen LogP contribution in [0.1, 0.15) is 284 Å². The molecule has 0 saturated heterocycles. The average molecular weight is 1110 g/mol. The number of phosphoric ester groups is 1. The van der Waals surface area contributed by atoms with Crippen LogP contribution in [0.4, 0.5) is 0 Å². The van der Waals surface area contributed by atoms with Gasteiger partial charge in [0, 0.05) is 12.8 Å². The molecular formula is C68H123N2O7P. The van der Waals surface area contributed by atoms with Crippen molar-refractivity contribution in [2.45, 2.75) is 296 Å². The number of esters is 1. The van der Waals surface area contributed by atoms with Crippen LogP contribution in [0.25, 0.3) is 0 Å². The molecule has 0 aliphatic carbocycles. The lowest BCUT2D eigenvalue weighted by molar-refractivity contribution is -0.870. The van der Waals surface area contributed by atoms with E-state index in [-0.39, 0.29) is 24.9 Å². The zero-order valence-electron chi connectivity index (χ0n) is 51.6. The summed E-state index contributed by atoms with van der Waals surface area (Å²) in [4.78, 5) is 40.0. The highest BCUT2D eigenvalue weighted by molar-refractivity contribution is 7.45. The first-order valence-corrected chi connectivity index (χ1v) is 33.9. The molecule has 0 bridgehead atoms. The fraction of sp³-hybridized carbons (Fsp3) is 0.765. The van der Waals surface area contributed by atoms with Crippen molar-refractivity contribution in [1.29, 1.82) is 0 Å². The van der Waals surface area contributed by atoms with Gasteiger partial charge in [-0.15, -0.1) is 0 Å². The first-order valence-electron chi connectivity index (χ1n) is 32.4. The number of carbonyl (C=O) groups excluding carboxylic acids is 2. The van der Waals surface area contributed by atoms with Crippen LogP contribution in [0.3, 0.4) is 0 Å². The van der Waals surface area contributed by atoms with Gasteiger partial charge in [-0.3, -0.25) is 14.2 Å². The number of amides is 1. The maximum absolute atomic E-state index is 13.6. The van der Waals surface area contributed by atoms with Crippen molar-refractivity contribution in [1.82, 2.24) is 5.32 Å². The number of phosphoric acid groups is 1. The Bertz CT molecular complexity index is 1610. The lowest BCUT2D eigenvalue weighted by atomic mass is 10.0. The largest absolute Gasteiger partial charge is 0.756 e. The number of quaternary nitrogens is 1. The predicted molar refractivity (Wildman–Crippen MR) is 335 cm³/mol. The number of unbranched alkanes of at least 4 members (excludes halogenated alkanes) is 30. The highest BCUT2D eigenvalue weighted by atomic mass is 31.2. The van der Waals surface area contributed by atoms with Crippen molar-refractivity contribution in [3.8, 4) is 0 Å². The SMILES string of the molecule is CC/C=C\C/C=C\C/C=C\C/C=C\C/C=C\C/C=C\CCCCCCCCC(=O)NC(COP(=O)([O-])OCC[N+](C)(C)C)C(/C=C\CCCCCCCCCCCCC)OC(=O)CCCCCCCCCCCCCCCC. The number of ether oxygens (including phenoxy) is 1. The highest BCUT2D eigenvalue weighted by Crippen LogP contribution is 2.38. The van der Waals surface area contributed by atoms with E-state index in [0.29, 0.717) is 17.4 Å². The monoisotopic (exact) mass is 1110 g/mol. The van der Waals surface area contributed by atoms with E-state index in [1.54, 1.807) is 0 Å². The summed E-state index contributed by atoms with van der Waals surface area (Å²) in [6.45, 7) is 6.73. The molecule has 452 valence electrons. The molecule has 10 heteroatoms. The molecule has 0 aromatic heterocycles. The van der Waals surface area contributed by atoms with Crippen LogP contribution in [-0.4, -0.2) is 69.4 Å². The second kappa shape index (κ2) is 57.4. The zero-order chi connectivity index (χ0) is 57.2. The Labute approximate surface area is 482 Å². The molecule has 0 rings (SSSR count). The Kier molecular flexibility index (Phi) is 55.4. The second-order valence-electron chi connectivity index (χ2n) is 22.9. The minimum absolute atomic E-state index is 0.0275. The van der Waals surface area contributed by atoms with Crippen molar-refractivity contribution in [2.24, 2.45) is 0 Å². The minimum atomic E-state index is -4.71. The number of rotatable bonds is 58. The molecule has 78 heavy (non-hydrogen) atoms. The molecule has 0 aliphatic rings. The number of likely N-dealkylation sites (N-methyl/N-ethyl adjacent to an activating group) is 1. The van der Waals surface area contributed by atoms with Gasteiger partial charge in [-0.25, -0.2) is 0 Å². The summed E-state index contributed by atoms with van der Waals surface area (Å²) < 4.78 is 30.3. The first kappa shape index (κ1) is 75.2. The van der Waals surface area contributed by atoms with Crippen LogP contribution >= 0.6 is 7.82 Å². The summed E-state index contributed by atoms with van der Waals surface area (Å²) in [6.07, 6.45) is 75.4. The highest BCUT2D eigenvalue weighted by Gasteiger charge is 2.27. The summed E-state index contributed by atoms with van der Waals surface area (Å²) in [5.74, 6) is -0.553. The van der Waals surface area contributed by atoms with Gasteiger partial charge in [-0.2, -0.15) is 0 Å². The normalized spacial score (nSPS) is 14.2. The molecule has 0 aromatic rings. The van der Waals surface area contributed by atoms with Crippen molar-refractivity contribution in [3.05, 3.63) is 85.1 Å². The molecule has 0 radical (unpaired) electrons. The van der Waals surface area contributed by atoms with Crippen LogP contribution in [0.5, 0.6) is 0 Å². The van der Waals surface area contributed by atoms with Crippen LogP contribution in [0, 0.1) is 0 Å². The van der Waals surface area contributed by atoms with E-state index in [1.807, 2.05) is 33.3 Å². The van der Waals surface area contributed by atoms with Gasteiger partial charge in [-0.05, 0) is 83.1 Å². The number of hydrogen-bond donors (Lipinski definition) is 1. The van der Waals surface area contributed by atoms with E-state index >= 15 is 0 Å². The van der Waals surface area contributed by atoms with Gasteiger partial charge in [0.2, 0.25) is 5.91 Å². The predicted octanol–water partition coefficient (Wildman–Crippen LogP) is 19.5. The maximum Gasteiger partial charge on any atom is 0.306 e. The summed E-state index contributed by atoms with van der Waals surface area (Å²) in [6, 6.07) is -0.898. The number of nitrogens with one attached hydrogen (secondary N) is 1. The molecule has 0 aromatic carbocycles. The van der Waals surface area contributed by atoms with Gasteiger partial charge < -0.3 is 28.5 Å². The van der Waals surface area contributed by atoms with E-state index in [0.717, 1.165) is 122 Å². The molecule has 1 N–H and O–H groups in total. The topological polar surface area (TPSA) is 114 Å². The maximum atomic E-state index is 13.6. The third-order valence-electron chi connectivity index (χ3n) is 14.1. The van der Waals surface area contributed by atoms with E-state index < -0.39 is 26.6 Å². The van der Waals surface area contributed by atoms with Gasteiger partial charge in [0.05, 0.1) is 33.8 Å². The van der Waals surface area contributed by atoms with Gasteiger partial charge in [0.1, 0.15) is 19.3 Å². The molecule has 1 amide bonds. The minimum Gasteiger partial charge on any atom is -0.756 e. The summed E-state index contributed by atoms with van der Waals surface area (Å²) in [7, 11) is 1.17. The van der Waals surface area contributed by atoms with Gasteiger partial charge in [-0.1, -0.05) is 273 Å². The van der Waals surface area contributed by atoms with Gasteiger partial charge >= 0.3 is 5.97 Å². The fourth-order valence-electron chi connectivity index (χ4n) is 9.11. The lowest BCUT2D eigenvalue weighted by Gasteiger charge is -2.30. The van der Waals surface area contributed by atoms with Crippen LogP contribution in [0.2, 0.25) is 0 Å². The van der Waals surface area contributed by atoms with Crippen LogP contribution < -0.4 is 10.2 Å². The Morgan fingerprint density at radius 3 is 1.23 bits per heavy atom. The molecule has 9 nitrogen and oxygen atoms in total. The quantitative estimate of drug-likeness (QED) is 0.0212. The van der Waals surface area contributed by atoms with Crippen LogP contribution in [0.15, 0.2) is 85.1 Å². The summed E-state index contributed by atoms with van der Waals surface area (Å²) >= 11 is 0. The summed E-state index contributed by atoms with van der Waals surface area (Å²) in [5.41, 5.74) is 0. The van der Waals surface area contributed by atoms with Crippen molar-refractivity contribution in [3.63, 3.8) is 0 Å². The Hall–Kier alpha value is -2.81. The third-order valence-corrected chi connectivity index (χ3v) is 15.1. The Balaban J connectivity index is 5.21. The molecular weight excluding hydrogens is 988 g/mol. The number of hydrogen-bond acceptors (Lipinski definition) is 7. The molecule has 3 atom stereocenters. The fourth-order valence-corrected chi connectivity index (χ4v) is 9.84. The van der Waals surface area contributed by atoms with Gasteiger partial charge in [0.25, 0.3) is 7.82 Å². The van der Waals surface area contributed by atoms with Crippen molar-refractivity contribution < 1.29 is 37.3 Å². The standard InChI is InChI=1S/C68H123N2O7P/c1-7-10-13-16-19-22-25-28-30-31-32-33-34-35-36-37-38-39-40-42-45-48-51-54-57-60-67(71)69-65(64-76-78(73,74)75-63-62-70(4,5)6)66(59-56-53-50-47-44-41-27-24-21-18-15-12-9-3)77-68(72)61-58-55-52-49-46-43-29-26-23-20-17-14-11-8-2/h10,13,19,22,28,30,32-33,35-36,38-39,56,59,65-66H,7-9,11-12,14-18,20-21,23-27,29,31,34,37,40-55,57-58,60-64H2,1-6H3,(H-,69,71,73,74)/b13-10-,22-19-,30-28-,33-32-,36-35-,39-38-,59-56-. The van der Waals surface area contributed by atoms with Crippen molar-refractivity contribution >= 4 is 19.7 Å². The second-order valence-corrected chi connectivity index (χ2v) is 24.3. The molecule has 0 saturated carbocycles. The Morgan fingerprint density at radius 1 is 0.462 bits per heavy atom. The Morgan fingerprint density at radius 2 is 0.821 bits per heavy atom. The molecule has 0 spiro atoms. The zero-order valence-corrected chi connectivity index (χ0v) is 52.5. The van der Waals surface area contributed by atoms with Gasteiger partial charge in [0.15, 0.2) is 0 Å². The number of carbonyl (C=O) groups is 2. The average Bonchev–Trinajstić information content (AvgIpc) is 3.40. The molecule has 0 fully saturated rings.